The Hall–Kier alpha value is -4.02. The molecule has 0 saturated carbocycles. The average molecular weight is 497 g/mol. The number of hydrogen-bond donors (Lipinski definition) is 1. The molecule has 1 heterocycles. The molecule has 36 heavy (non-hydrogen) atoms. The molecule has 0 radical (unpaired) electrons. The lowest BCUT2D eigenvalue weighted by Crippen LogP contribution is -2.28. The van der Waals surface area contributed by atoms with Gasteiger partial charge >= 0.3 is 0 Å². The van der Waals surface area contributed by atoms with Crippen molar-refractivity contribution in [2.45, 2.75) is 31.6 Å². The molecule has 0 spiro atoms. The zero-order valence-corrected chi connectivity index (χ0v) is 20.6. The van der Waals surface area contributed by atoms with Gasteiger partial charge in [-0.15, -0.1) is 0 Å². The molecule has 2 atom stereocenters. The molecule has 180 valence electrons. The van der Waals surface area contributed by atoms with Crippen LogP contribution in [-0.4, -0.2) is 22.0 Å². The number of benzene rings is 3. The summed E-state index contributed by atoms with van der Waals surface area (Å²) in [5.74, 6) is -0.101. The predicted molar refractivity (Wildman–Crippen MR) is 138 cm³/mol. The number of fused-ring (bicyclic) bond motifs is 2. The van der Waals surface area contributed by atoms with Crippen molar-refractivity contribution >= 4 is 28.2 Å². The van der Waals surface area contributed by atoms with Gasteiger partial charge in [-0.3, -0.25) is 9.59 Å². The number of nitriles is 1. The van der Waals surface area contributed by atoms with Crippen LogP contribution in [0.5, 0.6) is 5.75 Å². The van der Waals surface area contributed by atoms with E-state index in [0.29, 0.717) is 29.0 Å². The van der Waals surface area contributed by atoms with Gasteiger partial charge in [0.15, 0.2) is 11.5 Å². The van der Waals surface area contributed by atoms with E-state index in [9.17, 15) is 19.1 Å². The monoisotopic (exact) mass is 496 g/mol. The normalized spacial score (nSPS) is 18.2. The second-order valence-electron chi connectivity index (χ2n) is 8.99. The molecule has 7 heteroatoms. The van der Waals surface area contributed by atoms with Crippen molar-refractivity contribution in [3.63, 3.8) is 0 Å². The number of hydrogen-bond acceptors (Lipinski definition) is 5. The van der Waals surface area contributed by atoms with Crippen molar-refractivity contribution < 1.29 is 18.5 Å². The molecule has 2 aliphatic rings. The molecule has 0 amide bonds. The fourth-order valence-electron chi connectivity index (χ4n) is 4.96. The minimum absolute atomic E-state index is 0.0247. The summed E-state index contributed by atoms with van der Waals surface area (Å²) in [4.78, 5) is 27.7. The first-order valence-corrected chi connectivity index (χ1v) is 13.3. The standard InChI is InChI=1S/C29H24N2O4S/c1-36(34)31-24-10-5-9-22-26(24)28(33)29-23(27(22)32)16-21(19-14-12-18(17-30)13-15-19)8-4-7-20-6-2-3-11-25(20)35-29/h2-3,5-6,9-15,21,31H,4,7-8,16H2,1H3. The van der Waals surface area contributed by atoms with E-state index in [0.717, 1.165) is 30.4 Å². The summed E-state index contributed by atoms with van der Waals surface area (Å²) in [7, 11) is -1.42. The van der Waals surface area contributed by atoms with Gasteiger partial charge in [-0.2, -0.15) is 5.26 Å². The minimum atomic E-state index is -1.42. The second-order valence-corrected chi connectivity index (χ2v) is 10.1. The molecule has 5 rings (SSSR count). The molecule has 3 aromatic carbocycles. The molecule has 0 saturated heterocycles. The van der Waals surface area contributed by atoms with Crippen LogP contribution in [-0.2, 0) is 17.4 Å². The SMILES string of the molecule is CS(=O)Nc1cccc2c1C(=O)C1=C(CC(c3ccc(C#N)cc3)CCCc3ccccc3O1)C2=O. The van der Waals surface area contributed by atoms with Crippen molar-refractivity contribution in [1.29, 1.82) is 5.26 Å². The summed E-state index contributed by atoms with van der Waals surface area (Å²) in [5.41, 5.74) is 3.70. The Balaban J connectivity index is 1.65. The van der Waals surface area contributed by atoms with Crippen LogP contribution in [0.15, 0.2) is 78.1 Å². The fourth-order valence-corrected chi connectivity index (χ4v) is 5.44. The number of nitrogens with one attached hydrogen (secondary N) is 1. The number of rotatable bonds is 3. The van der Waals surface area contributed by atoms with Gasteiger partial charge in [-0.1, -0.05) is 42.5 Å². The molecular weight excluding hydrogens is 472 g/mol. The van der Waals surface area contributed by atoms with Crippen LogP contribution < -0.4 is 9.46 Å². The van der Waals surface area contributed by atoms with E-state index in [4.69, 9.17) is 4.74 Å². The third kappa shape index (κ3) is 4.48. The molecule has 1 N–H and O–H groups in total. The Morgan fingerprint density at radius 3 is 2.53 bits per heavy atom. The third-order valence-electron chi connectivity index (χ3n) is 6.69. The first-order valence-electron chi connectivity index (χ1n) is 11.8. The van der Waals surface area contributed by atoms with Crippen LogP contribution in [0.1, 0.15) is 62.6 Å². The number of ether oxygens (including phenoxy) is 1. The average Bonchev–Trinajstić information content (AvgIpc) is 2.88. The lowest BCUT2D eigenvalue weighted by Gasteiger charge is -2.27. The topological polar surface area (TPSA) is 96.3 Å². The Bertz CT molecular complexity index is 1470. The van der Waals surface area contributed by atoms with Crippen LogP contribution in [0.4, 0.5) is 5.69 Å². The largest absolute Gasteiger partial charge is 0.453 e. The summed E-state index contributed by atoms with van der Waals surface area (Å²) < 4.78 is 21.0. The number of para-hydroxylation sites is 1. The summed E-state index contributed by atoms with van der Waals surface area (Å²) in [5, 5.41) is 9.19. The van der Waals surface area contributed by atoms with Crippen molar-refractivity contribution in [2.75, 3.05) is 11.0 Å². The van der Waals surface area contributed by atoms with Gasteiger partial charge in [-0.25, -0.2) is 4.21 Å². The van der Waals surface area contributed by atoms with Gasteiger partial charge < -0.3 is 9.46 Å². The van der Waals surface area contributed by atoms with E-state index in [2.05, 4.69) is 10.8 Å². The Labute approximate surface area is 212 Å². The molecule has 2 unspecified atom stereocenters. The van der Waals surface area contributed by atoms with E-state index in [1.54, 1.807) is 30.3 Å². The van der Waals surface area contributed by atoms with E-state index in [-0.39, 0.29) is 28.6 Å². The van der Waals surface area contributed by atoms with Gasteiger partial charge in [0, 0.05) is 17.4 Å². The van der Waals surface area contributed by atoms with E-state index >= 15 is 0 Å². The molecule has 3 aromatic rings. The number of carbonyl (C=O) groups excluding carboxylic acids is 2. The summed E-state index contributed by atoms with van der Waals surface area (Å²) >= 11 is 0. The third-order valence-corrected chi connectivity index (χ3v) is 7.20. The van der Waals surface area contributed by atoms with Crippen LogP contribution in [0.2, 0.25) is 0 Å². The van der Waals surface area contributed by atoms with Gasteiger partial charge in [0.25, 0.3) is 0 Å². The van der Waals surface area contributed by atoms with Gasteiger partial charge in [-0.05, 0) is 67.0 Å². The number of Topliss-reactive ketones (excluding diaryl/α,β-unsaturated/α-hetero) is 2. The van der Waals surface area contributed by atoms with Crippen molar-refractivity contribution in [1.82, 2.24) is 0 Å². The van der Waals surface area contributed by atoms with E-state index in [1.165, 1.54) is 6.26 Å². The van der Waals surface area contributed by atoms with E-state index in [1.807, 2.05) is 36.4 Å². The van der Waals surface area contributed by atoms with Gasteiger partial charge in [0.2, 0.25) is 5.78 Å². The van der Waals surface area contributed by atoms with Gasteiger partial charge in [0.05, 0.1) is 22.9 Å². The number of aryl methyl sites for hydroxylation is 1. The molecule has 1 aliphatic heterocycles. The predicted octanol–water partition coefficient (Wildman–Crippen LogP) is 5.49. The number of anilines is 1. The second kappa shape index (κ2) is 9.92. The van der Waals surface area contributed by atoms with Crippen LogP contribution in [0.3, 0.4) is 0 Å². The number of nitrogens with zero attached hydrogens (tertiary/aromatic N) is 1. The number of allylic oxidation sites excluding steroid dienone is 2. The van der Waals surface area contributed by atoms with Crippen LogP contribution >= 0.6 is 0 Å². The summed E-state index contributed by atoms with van der Waals surface area (Å²) in [6, 6.07) is 22.1. The highest BCUT2D eigenvalue weighted by atomic mass is 32.2. The highest BCUT2D eigenvalue weighted by molar-refractivity contribution is 7.85. The molecule has 0 fully saturated rings. The van der Waals surface area contributed by atoms with E-state index < -0.39 is 16.8 Å². The molecular formula is C29H24N2O4S. The van der Waals surface area contributed by atoms with Gasteiger partial charge in [0.1, 0.15) is 16.7 Å². The van der Waals surface area contributed by atoms with Crippen molar-refractivity contribution in [3.05, 3.63) is 106 Å². The van der Waals surface area contributed by atoms with Crippen molar-refractivity contribution in [2.24, 2.45) is 0 Å². The zero-order chi connectivity index (χ0) is 25.2. The maximum atomic E-state index is 13.9. The lowest BCUT2D eigenvalue weighted by molar-refractivity contribution is 0.0932. The first kappa shape index (κ1) is 23.7. The number of ketones is 2. The lowest BCUT2D eigenvalue weighted by atomic mass is 9.79. The summed E-state index contributed by atoms with van der Waals surface area (Å²) in [6.45, 7) is 0. The molecule has 6 nitrogen and oxygen atoms in total. The van der Waals surface area contributed by atoms with Crippen LogP contribution in [0.25, 0.3) is 0 Å². The Kier molecular flexibility index (Phi) is 6.53. The highest BCUT2D eigenvalue weighted by Crippen LogP contribution is 2.40. The number of carbonyl (C=O) groups is 2. The minimum Gasteiger partial charge on any atom is -0.453 e. The first-order chi connectivity index (χ1) is 17.5. The summed E-state index contributed by atoms with van der Waals surface area (Å²) in [6.07, 6.45) is 4.26. The molecule has 0 aromatic heterocycles. The fraction of sp³-hybridized carbons (Fsp3) is 0.207. The van der Waals surface area contributed by atoms with Crippen molar-refractivity contribution in [3.8, 4) is 11.8 Å². The smallest absolute Gasteiger partial charge is 0.231 e. The Morgan fingerprint density at radius 1 is 1.00 bits per heavy atom. The zero-order valence-electron chi connectivity index (χ0n) is 19.7. The maximum Gasteiger partial charge on any atom is 0.231 e. The molecule has 0 bridgehead atoms. The molecule has 1 aliphatic carbocycles. The van der Waals surface area contributed by atoms with Crippen LogP contribution in [0, 0.1) is 11.3 Å². The maximum absolute atomic E-state index is 13.9. The quantitative estimate of drug-likeness (QED) is 0.518. The highest BCUT2D eigenvalue weighted by Gasteiger charge is 2.37. The Morgan fingerprint density at radius 2 is 1.78 bits per heavy atom.